The lowest BCUT2D eigenvalue weighted by Gasteiger charge is -2.30. The fourth-order valence-corrected chi connectivity index (χ4v) is 4.91. The monoisotopic (exact) mass is 323 g/mol. The zero-order chi connectivity index (χ0) is 14.8. The van der Waals surface area contributed by atoms with Crippen molar-refractivity contribution >= 4 is 22.1 Å². The zero-order valence-electron chi connectivity index (χ0n) is 12.5. The Morgan fingerprint density at radius 1 is 1.48 bits per heavy atom. The van der Waals surface area contributed by atoms with Crippen LogP contribution in [0.5, 0.6) is 0 Å². The molecule has 114 valence electrons. The van der Waals surface area contributed by atoms with E-state index in [1.165, 1.54) is 10.4 Å². The molecule has 0 unspecified atom stereocenters. The van der Waals surface area contributed by atoms with Gasteiger partial charge < -0.3 is 0 Å². The highest BCUT2D eigenvalue weighted by Gasteiger charge is 2.23. The molecule has 2 aromatic rings. The normalized spacial score (nSPS) is 22.8. The molecule has 1 aliphatic rings. The van der Waals surface area contributed by atoms with Crippen molar-refractivity contribution in [3.63, 3.8) is 0 Å². The van der Waals surface area contributed by atoms with Gasteiger partial charge in [0.05, 0.1) is 4.88 Å². The molecular formula is C15H21N3OS2. The number of hydrogen-bond donors (Lipinski definition) is 0. The van der Waals surface area contributed by atoms with Crippen LogP contribution in [0.1, 0.15) is 18.4 Å². The van der Waals surface area contributed by atoms with Crippen molar-refractivity contribution in [3.05, 3.63) is 29.3 Å². The summed E-state index contributed by atoms with van der Waals surface area (Å²) in [6.07, 6.45) is 4.20. The Kier molecular flexibility index (Phi) is 4.57. The van der Waals surface area contributed by atoms with Gasteiger partial charge in [0.1, 0.15) is 5.69 Å². The average Bonchev–Trinajstić information content (AvgIpc) is 3.09. The lowest BCUT2D eigenvalue weighted by atomic mass is 10.1. The van der Waals surface area contributed by atoms with Crippen LogP contribution in [-0.4, -0.2) is 43.5 Å². The van der Waals surface area contributed by atoms with Crippen LogP contribution in [-0.2, 0) is 24.4 Å². The van der Waals surface area contributed by atoms with E-state index in [1.807, 2.05) is 11.7 Å². The quantitative estimate of drug-likeness (QED) is 0.868. The van der Waals surface area contributed by atoms with Gasteiger partial charge in [-0.25, -0.2) is 0 Å². The van der Waals surface area contributed by atoms with Gasteiger partial charge >= 0.3 is 0 Å². The predicted octanol–water partition coefficient (Wildman–Crippen LogP) is 2.49. The highest BCUT2D eigenvalue weighted by atomic mass is 32.2. The van der Waals surface area contributed by atoms with Crippen molar-refractivity contribution < 1.29 is 4.21 Å². The molecule has 6 heteroatoms. The standard InChI is InChI=1S/C15H21N3OS2/c1-17(13-5-8-21(19)9-6-13)10-12-11-18(2)16-15(12)14-4-3-7-20-14/h3-4,7,11,13H,5-6,8-10H2,1-2H3. The molecule has 4 nitrogen and oxygen atoms in total. The number of nitrogens with zero attached hydrogens (tertiary/aromatic N) is 3. The first-order valence-corrected chi connectivity index (χ1v) is 9.62. The summed E-state index contributed by atoms with van der Waals surface area (Å²) in [4.78, 5) is 3.62. The minimum absolute atomic E-state index is 0.541. The summed E-state index contributed by atoms with van der Waals surface area (Å²) in [5.74, 6) is 1.69. The van der Waals surface area contributed by atoms with Crippen LogP contribution in [0.15, 0.2) is 23.7 Å². The molecule has 0 amide bonds. The Morgan fingerprint density at radius 3 is 2.90 bits per heavy atom. The molecule has 3 heterocycles. The van der Waals surface area contributed by atoms with Gasteiger partial charge in [0.25, 0.3) is 0 Å². The van der Waals surface area contributed by atoms with Gasteiger partial charge in [-0.3, -0.25) is 13.8 Å². The van der Waals surface area contributed by atoms with Gasteiger partial charge in [-0.15, -0.1) is 11.3 Å². The maximum Gasteiger partial charge on any atom is 0.107 e. The van der Waals surface area contributed by atoms with Crippen LogP contribution >= 0.6 is 11.3 Å². The summed E-state index contributed by atoms with van der Waals surface area (Å²) in [5.41, 5.74) is 2.37. The van der Waals surface area contributed by atoms with Gasteiger partial charge in [-0.1, -0.05) is 6.07 Å². The van der Waals surface area contributed by atoms with E-state index in [1.54, 1.807) is 11.3 Å². The van der Waals surface area contributed by atoms with Crippen molar-refractivity contribution in [2.24, 2.45) is 7.05 Å². The fourth-order valence-electron chi connectivity index (χ4n) is 2.89. The average molecular weight is 323 g/mol. The van der Waals surface area contributed by atoms with Crippen molar-refractivity contribution in [2.75, 3.05) is 18.6 Å². The van der Waals surface area contributed by atoms with Crippen LogP contribution in [0, 0.1) is 0 Å². The second kappa shape index (κ2) is 6.42. The minimum Gasteiger partial charge on any atom is -0.299 e. The molecule has 0 aromatic carbocycles. The molecule has 1 saturated heterocycles. The first-order chi connectivity index (χ1) is 10.1. The maximum absolute atomic E-state index is 11.5. The van der Waals surface area contributed by atoms with Gasteiger partial charge in [0.2, 0.25) is 0 Å². The van der Waals surface area contributed by atoms with E-state index in [0.717, 1.165) is 36.6 Å². The third-order valence-corrected chi connectivity index (χ3v) is 6.32. The highest BCUT2D eigenvalue weighted by Crippen LogP contribution is 2.28. The number of rotatable bonds is 4. The lowest BCUT2D eigenvalue weighted by Crippen LogP contribution is -2.37. The van der Waals surface area contributed by atoms with Crippen molar-refractivity contribution in [1.82, 2.24) is 14.7 Å². The molecule has 1 fully saturated rings. The Balaban J connectivity index is 1.74. The summed E-state index contributed by atoms with van der Waals surface area (Å²) in [6, 6.07) is 4.73. The van der Waals surface area contributed by atoms with Crippen LogP contribution in [0.3, 0.4) is 0 Å². The van der Waals surface area contributed by atoms with Gasteiger partial charge in [-0.2, -0.15) is 5.10 Å². The van der Waals surface area contributed by atoms with E-state index in [0.29, 0.717) is 6.04 Å². The first kappa shape index (κ1) is 14.9. The summed E-state index contributed by atoms with van der Waals surface area (Å²) in [7, 11) is 3.56. The number of thiophene rings is 1. The van der Waals surface area contributed by atoms with Crippen molar-refractivity contribution in [3.8, 4) is 10.6 Å². The third-order valence-electron chi connectivity index (χ3n) is 4.06. The van der Waals surface area contributed by atoms with E-state index in [2.05, 4.69) is 40.8 Å². The van der Waals surface area contributed by atoms with Gasteiger partial charge in [0, 0.05) is 53.7 Å². The molecule has 0 bridgehead atoms. The largest absolute Gasteiger partial charge is 0.299 e. The molecule has 21 heavy (non-hydrogen) atoms. The Bertz CT molecular complexity index is 611. The van der Waals surface area contributed by atoms with E-state index < -0.39 is 10.8 Å². The highest BCUT2D eigenvalue weighted by molar-refractivity contribution is 7.85. The Labute approximate surface area is 132 Å². The smallest absolute Gasteiger partial charge is 0.107 e. The predicted molar refractivity (Wildman–Crippen MR) is 88.9 cm³/mol. The van der Waals surface area contributed by atoms with Gasteiger partial charge in [-0.05, 0) is 31.3 Å². The van der Waals surface area contributed by atoms with E-state index in [-0.39, 0.29) is 0 Å². The zero-order valence-corrected chi connectivity index (χ0v) is 14.1. The van der Waals surface area contributed by atoms with E-state index >= 15 is 0 Å². The van der Waals surface area contributed by atoms with Crippen LogP contribution < -0.4 is 0 Å². The maximum atomic E-state index is 11.5. The summed E-state index contributed by atoms with van der Waals surface area (Å²) in [5, 5.41) is 6.71. The second-order valence-electron chi connectivity index (χ2n) is 5.65. The molecule has 0 radical (unpaired) electrons. The molecule has 0 aliphatic carbocycles. The van der Waals surface area contributed by atoms with Gasteiger partial charge in [0.15, 0.2) is 0 Å². The Morgan fingerprint density at radius 2 is 2.24 bits per heavy atom. The molecule has 0 spiro atoms. The molecule has 0 N–H and O–H groups in total. The summed E-state index contributed by atoms with van der Waals surface area (Å²) < 4.78 is 13.4. The molecule has 2 aromatic heterocycles. The third kappa shape index (κ3) is 3.44. The lowest BCUT2D eigenvalue weighted by molar-refractivity contribution is 0.220. The van der Waals surface area contributed by atoms with E-state index in [4.69, 9.17) is 0 Å². The molecule has 3 rings (SSSR count). The fraction of sp³-hybridized carbons (Fsp3) is 0.533. The van der Waals surface area contributed by atoms with Crippen LogP contribution in [0.25, 0.3) is 10.6 Å². The topological polar surface area (TPSA) is 38.1 Å². The molecular weight excluding hydrogens is 302 g/mol. The van der Waals surface area contributed by atoms with E-state index in [9.17, 15) is 4.21 Å². The van der Waals surface area contributed by atoms with Crippen LogP contribution in [0.4, 0.5) is 0 Å². The second-order valence-corrected chi connectivity index (χ2v) is 8.29. The van der Waals surface area contributed by atoms with Crippen LogP contribution in [0.2, 0.25) is 0 Å². The number of aromatic nitrogens is 2. The first-order valence-electron chi connectivity index (χ1n) is 7.25. The Hall–Kier alpha value is -0.980. The molecule has 1 aliphatic heterocycles. The summed E-state index contributed by atoms with van der Waals surface area (Å²) >= 11 is 1.73. The van der Waals surface area contributed by atoms with Crippen molar-refractivity contribution in [1.29, 1.82) is 0 Å². The minimum atomic E-state index is -0.590. The number of hydrogen-bond acceptors (Lipinski definition) is 4. The summed E-state index contributed by atoms with van der Waals surface area (Å²) in [6.45, 7) is 0.901. The number of aryl methyl sites for hydroxylation is 1. The molecule has 0 saturated carbocycles. The SMILES string of the molecule is CN(Cc1cn(C)nc1-c1cccs1)C1CCS(=O)CC1. The molecule has 0 atom stereocenters. The van der Waals surface area contributed by atoms with Crippen molar-refractivity contribution in [2.45, 2.75) is 25.4 Å².